The average Bonchev–Trinajstić information content (AvgIpc) is 2.76. The molecule has 1 aliphatic rings. The molecule has 0 aliphatic carbocycles. The molecule has 0 aromatic heterocycles. The van der Waals surface area contributed by atoms with Crippen molar-refractivity contribution in [2.45, 2.75) is 12.3 Å². The third-order valence-electron chi connectivity index (χ3n) is 2.78. The highest BCUT2D eigenvalue weighted by Gasteiger charge is 2.26. The predicted molar refractivity (Wildman–Crippen MR) is 67.2 cm³/mol. The second kappa shape index (κ2) is 6.27. The molecule has 0 bridgehead atoms. The summed E-state index contributed by atoms with van der Waals surface area (Å²) in [6, 6.07) is 2.18. The van der Waals surface area contributed by atoms with E-state index < -0.39 is 11.6 Å². The van der Waals surface area contributed by atoms with E-state index in [1.165, 1.54) is 0 Å². The standard InChI is InChI=1S/C12H13ClF2N2O2/c13-8-4-9(14)12(10(15)5-8)7-3-11(16-6-7)17-19-2-1-18/h4-5,7,18H,1-3,6H2,(H,16,17)/t7-/m0/s1. The first-order valence-corrected chi connectivity index (χ1v) is 6.16. The molecule has 19 heavy (non-hydrogen) atoms. The van der Waals surface area contributed by atoms with Crippen molar-refractivity contribution in [3.63, 3.8) is 0 Å². The number of aliphatic hydroxyl groups is 1. The van der Waals surface area contributed by atoms with Crippen LogP contribution in [0.5, 0.6) is 0 Å². The second-order valence-corrected chi connectivity index (χ2v) is 4.58. The van der Waals surface area contributed by atoms with Crippen LogP contribution in [0.25, 0.3) is 0 Å². The van der Waals surface area contributed by atoms with Gasteiger partial charge in [-0.05, 0) is 12.1 Å². The maximum Gasteiger partial charge on any atom is 0.131 e. The van der Waals surface area contributed by atoms with Gasteiger partial charge in [-0.3, -0.25) is 15.3 Å². The lowest BCUT2D eigenvalue weighted by atomic mass is 9.96. The van der Waals surface area contributed by atoms with Crippen LogP contribution in [0.1, 0.15) is 17.9 Å². The molecule has 0 unspecified atom stereocenters. The van der Waals surface area contributed by atoms with Crippen LogP contribution in [0.15, 0.2) is 17.1 Å². The Morgan fingerprint density at radius 1 is 1.42 bits per heavy atom. The van der Waals surface area contributed by atoms with Crippen molar-refractivity contribution in [1.29, 1.82) is 0 Å². The molecule has 0 saturated carbocycles. The smallest absolute Gasteiger partial charge is 0.131 e. The van der Waals surface area contributed by atoms with E-state index in [9.17, 15) is 8.78 Å². The normalized spacial score (nSPS) is 18.5. The van der Waals surface area contributed by atoms with Crippen molar-refractivity contribution in [2.75, 3.05) is 19.8 Å². The van der Waals surface area contributed by atoms with Crippen molar-refractivity contribution < 1.29 is 18.7 Å². The molecule has 1 atom stereocenters. The monoisotopic (exact) mass is 290 g/mol. The Kier molecular flexibility index (Phi) is 4.68. The lowest BCUT2D eigenvalue weighted by Gasteiger charge is -2.12. The predicted octanol–water partition coefficient (Wildman–Crippen LogP) is 2.02. The Morgan fingerprint density at radius 2 is 2.11 bits per heavy atom. The molecule has 0 saturated heterocycles. The maximum absolute atomic E-state index is 13.7. The van der Waals surface area contributed by atoms with Crippen molar-refractivity contribution in [3.05, 3.63) is 34.4 Å². The lowest BCUT2D eigenvalue weighted by molar-refractivity contribution is 0.0525. The summed E-state index contributed by atoms with van der Waals surface area (Å²) in [5, 5.41) is 8.58. The van der Waals surface area contributed by atoms with Gasteiger partial charge in [0.05, 0.1) is 13.2 Å². The van der Waals surface area contributed by atoms with Crippen molar-refractivity contribution >= 4 is 17.4 Å². The fraction of sp³-hybridized carbons (Fsp3) is 0.417. The minimum atomic E-state index is -0.664. The van der Waals surface area contributed by atoms with Gasteiger partial charge >= 0.3 is 0 Å². The topological polar surface area (TPSA) is 53.9 Å². The molecular formula is C12H13ClF2N2O2. The Balaban J connectivity index is 2.03. The molecule has 1 heterocycles. The van der Waals surface area contributed by atoms with E-state index in [4.69, 9.17) is 21.5 Å². The van der Waals surface area contributed by atoms with E-state index in [1.807, 2.05) is 0 Å². The molecular weight excluding hydrogens is 278 g/mol. The number of nitrogens with one attached hydrogen (secondary N) is 1. The van der Waals surface area contributed by atoms with Crippen LogP contribution in [-0.2, 0) is 4.84 Å². The van der Waals surface area contributed by atoms with Crippen LogP contribution in [0.3, 0.4) is 0 Å². The van der Waals surface area contributed by atoms with Crippen molar-refractivity contribution in [3.8, 4) is 0 Å². The third kappa shape index (κ3) is 3.40. The number of hydroxylamine groups is 1. The zero-order chi connectivity index (χ0) is 13.8. The van der Waals surface area contributed by atoms with E-state index in [0.29, 0.717) is 12.3 Å². The minimum Gasteiger partial charge on any atom is -0.394 e. The van der Waals surface area contributed by atoms with Crippen molar-refractivity contribution in [1.82, 2.24) is 5.48 Å². The van der Waals surface area contributed by atoms with Gasteiger partial charge in [0, 0.05) is 29.5 Å². The van der Waals surface area contributed by atoms with Gasteiger partial charge < -0.3 is 5.11 Å². The second-order valence-electron chi connectivity index (χ2n) is 4.15. The SMILES string of the molecule is OCCONC1=NC[C@@H](c2c(F)cc(Cl)cc2F)C1. The molecule has 1 aromatic rings. The summed E-state index contributed by atoms with van der Waals surface area (Å²) >= 11 is 5.58. The fourth-order valence-electron chi connectivity index (χ4n) is 1.97. The fourth-order valence-corrected chi connectivity index (χ4v) is 2.17. The van der Waals surface area contributed by atoms with E-state index >= 15 is 0 Å². The van der Waals surface area contributed by atoms with Crippen LogP contribution in [0.4, 0.5) is 8.78 Å². The van der Waals surface area contributed by atoms with E-state index in [1.54, 1.807) is 0 Å². The van der Waals surface area contributed by atoms with E-state index in [0.717, 1.165) is 12.1 Å². The molecule has 2 N–H and O–H groups in total. The first-order chi connectivity index (χ1) is 9.11. The summed E-state index contributed by atoms with van der Waals surface area (Å²) in [4.78, 5) is 8.99. The largest absolute Gasteiger partial charge is 0.394 e. The van der Waals surface area contributed by atoms with Gasteiger partial charge in [0.15, 0.2) is 0 Å². The summed E-state index contributed by atoms with van der Waals surface area (Å²) in [5.41, 5.74) is 2.54. The summed E-state index contributed by atoms with van der Waals surface area (Å²) < 4.78 is 27.5. The van der Waals surface area contributed by atoms with Crippen LogP contribution < -0.4 is 5.48 Å². The van der Waals surface area contributed by atoms with Gasteiger partial charge in [0.25, 0.3) is 0 Å². The number of amidine groups is 1. The maximum atomic E-state index is 13.7. The molecule has 7 heteroatoms. The Hall–Kier alpha value is -1.24. The molecule has 1 aromatic carbocycles. The molecule has 0 spiro atoms. The van der Waals surface area contributed by atoms with Gasteiger partial charge in [0.2, 0.25) is 0 Å². The van der Waals surface area contributed by atoms with Crippen LogP contribution >= 0.6 is 11.6 Å². The van der Waals surface area contributed by atoms with Gasteiger partial charge in [-0.2, -0.15) is 0 Å². The summed E-state index contributed by atoms with van der Waals surface area (Å²) in [6.07, 6.45) is 0.348. The first-order valence-electron chi connectivity index (χ1n) is 5.78. The lowest BCUT2D eigenvalue weighted by Crippen LogP contribution is -2.24. The number of aliphatic imine (C=N–C) groups is 1. The number of hydrogen-bond donors (Lipinski definition) is 2. The molecule has 4 nitrogen and oxygen atoms in total. The Bertz CT molecular complexity index is 474. The number of aliphatic hydroxyl groups excluding tert-OH is 1. The number of hydrogen-bond acceptors (Lipinski definition) is 4. The summed E-state index contributed by atoms with van der Waals surface area (Å²) in [7, 11) is 0. The number of rotatable bonds is 4. The number of benzene rings is 1. The highest BCUT2D eigenvalue weighted by molar-refractivity contribution is 6.30. The first kappa shape index (κ1) is 14.2. The molecule has 0 fully saturated rings. The summed E-state index contributed by atoms with van der Waals surface area (Å²) in [6.45, 7) is 0.276. The zero-order valence-corrected chi connectivity index (χ0v) is 10.8. The zero-order valence-electron chi connectivity index (χ0n) is 10.00. The highest BCUT2D eigenvalue weighted by atomic mass is 35.5. The molecule has 0 amide bonds. The van der Waals surface area contributed by atoms with Gasteiger partial charge in [-0.1, -0.05) is 11.6 Å². The van der Waals surface area contributed by atoms with Crippen LogP contribution in [0.2, 0.25) is 5.02 Å². The van der Waals surface area contributed by atoms with Crippen molar-refractivity contribution in [2.24, 2.45) is 4.99 Å². The van der Waals surface area contributed by atoms with Crippen LogP contribution in [0, 0.1) is 11.6 Å². The number of halogens is 3. The van der Waals surface area contributed by atoms with Gasteiger partial charge in [-0.15, -0.1) is 0 Å². The van der Waals surface area contributed by atoms with E-state index in [-0.39, 0.29) is 36.3 Å². The Labute approximate surface area is 114 Å². The Morgan fingerprint density at radius 3 is 2.74 bits per heavy atom. The number of nitrogens with zero attached hydrogens (tertiary/aromatic N) is 1. The summed E-state index contributed by atoms with van der Waals surface area (Å²) in [5.74, 6) is -1.20. The van der Waals surface area contributed by atoms with Gasteiger partial charge in [0.1, 0.15) is 17.5 Å². The quantitative estimate of drug-likeness (QED) is 0.659. The minimum absolute atomic E-state index is 0.00731. The molecule has 104 valence electrons. The molecule has 2 rings (SSSR count). The van der Waals surface area contributed by atoms with Crippen LogP contribution in [-0.4, -0.2) is 30.7 Å². The average molecular weight is 291 g/mol. The third-order valence-corrected chi connectivity index (χ3v) is 3.00. The molecule has 1 aliphatic heterocycles. The molecule has 0 radical (unpaired) electrons. The van der Waals surface area contributed by atoms with E-state index in [2.05, 4.69) is 10.5 Å². The van der Waals surface area contributed by atoms with Gasteiger partial charge in [-0.25, -0.2) is 8.78 Å². The highest BCUT2D eigenvalue weighted by Crippen LogP contribution is 2.31.